The second kappa shape index (κ2) is 4.51. The average molecular weight is 263 g/mol. The first kappa shape index (κ1) is 12.7. The lowest BCUT2D eigenvalue weighted by molar-refractivity contribution is -0.141. The maximum atomic E-state index is 12.3. The van der Waals surface area contributed by atoms with Crippen LogP contribution in [0, 0.1) is 0 Å². The summed E-state index contributed by atoms with van der Waals surface area (Å²) in [7, 11) is 0. The van der Waals surface area contributed by atoms with Crippen LogP contribution in [0.5, 0.6) is 0 Å². The van der Waals surface area contributed by atoms with Crippen LogP contribution >= 0.6 is 0 Å². The van der Waals surface area contributed by atoms with E-state index in [0.717, 1.165) is 0 Å². The fourth-order valence-electron chi connectivity index (χ4n) is 1.75. The van der Waals surface area contributed by atoms with Crippen LogP contribution in [0.25, 0.3) is 0 Å². The van der Waals surface area contributed by atoms with E-state index in [1.54, 1.807) is 9.80 Å². The molecule has 2 heterocycles. The Bertz CT molecular complexity index is 436. The molecule has 0 atom stereocenters. The smallest absolute Gasteiger partial charge is 0.431 e. The van der Waals surface area contributed by atoms with Crippen molar-refractivity contribution < 1.29 is 22.4 Å². The van der Waals surface area contributed by atoms with E-state index < -0.39 is 11.9 Å². The van der Waals surface area contributed by atoms with Crippen LogP contribution in [-0.4, -0.2) is 42.0 Å². The Morgan fingerprint density at radius 3 is 2.39 bits per heavy atom. The summed E-state index contributed by atoms with van der Waals surface area (Å²) >= 11 is 0. The van der Waals surface area contributed by atoms with Gasteiger partial charge in [0.2, 0.25) is 5.91 Å². The highest BCUT2D eigenvalue weighted by molar-refractivity contribution is 5.73. The lowest BCUT2D eigenvalue weighted by Gasteiger charge is -2.33. The van der Waals surface area contributed by atoms with Crippen molar-refractivity contribution in [1.29, 1.82) is 0 Å². The molecule has 5 nitrogen and oxygen atoms in total. The highest BCUT2D eigenvalue weighted by Gasteiger charge is 2.35. The number of carbonyl (C=O) groups is 1. The van der Waals surface area contributed by atoms with Gasteiger partial charge in [-0.2, -0.15) is 18.2 Å². The minimum atomic E-state index is -4.50. The van der Waals surface area contributed by atoms with Crippen molar-refractivity contribution in [2.45, 2.75) is 13.1 Å². The number of hydrogen-bond donors (Lipinski definition) is 0. The number of oxazole rings is 1. The Hall–Kier alpha value is -1.73. The van der Waals surface area contributed by atoms with Crippen LogP contribution in [0.3, 0.4) is 0 Å². The van der Waals surface area contributed by atoms with Gasteiger partial charge in [0.1, 0.15) is 6.26 Å². The van der Waals surface area contributed by atoms with Gasteiger partial charge in [-0.15, -0.1) is 0 Å². The fraction of sp³-hybridized carbons (Fsp3) is 0.600. The molecule has 1 aliphatic heterocycles. The summed E-state index contributed by atoms with van der Waals surface area (Å²) in [6, 6.07) is -0.0504. The van der Waals surface area contributed by atoms with E-state index in [0.29, 0.717) is 32.4 Å². The predicted octanol–water partition coefficient (Wildman–Crippen LogP) is 1.36. The normalized spacial score (nSPS) is 17.1. The van der Waals surface area contributed by atoms with Gasteiger partial charge in [0, 0.05) is 33.1 Å². The number of hydrogen-bond acceptors (Lipinski definition) is 4. The van der Waals surface area contributed by atoms with Crippen molar-refractivity contribution >= 4 is 11.9 Å². The van der Waals surface area contributed by atoms with Gasteiger partial charge >= 0.3 is 6.18 Å². The van der Waals surface area contributed by atoms with Gasteiger partial charge in [-0.05, 0) is 0 Å². The molecule has 1 saturated heterocycles. The van der Waals surface area contributed by atoms with Gasteiger partial charge in [-0.3, -0.25) is 4.79 Å². The average Bonchev–Trinajstić information content (AvgIpc) is 2.78. The van der Waals surface area contributed by atoms with E-state index in [2.05, 4.69) is 4.98 Å². The molecule has 0 aromatic carbocycles. The second-order valence-corrected chi connectivity index (χ2v) is 4.01. The predicted molar refractivity (Wildman–Crippen MR) is 56.0 cm³/mol. The van der Waals surface area contributed by atoms with E-state index >= 15 is 0 Å². The Balaban J connectivity index is 2.02. The zero-order chi connectivity index (χ0) is 13.3. The van der Waals surface area contributed by atoms with Crippen molar-refractivity contribution in [2.24, 2.45) is 0 Å². The van der Waals surface area contributed by atoms with Gasteiger partial charge in [0.15, 0.2) is 5.69 Å². The Kier molecular flexibility index (Phi) is 3.18. The molecule has 0 spiro atoms. The lowest BCUT2D eigenvalue weighted by Crippen LogP contribution is -2.48. The van der Waals surface area contributed by atoms with E-state index in [-0.39, 0.29) is 11.9 Å². The van der Waals surface area contributed by atoms with Crippen LogP contribution in [0.4, 0.5) is 19.2 Å². The van der Waals surface area contributed by atoms with Gasteiger partial charge in [0.25, 0.3) is 6.01 Å². The summed E-state index contributed by atoms with van der Waals surface area (Å²) in [5, 5.41) is 0. The van der Waals surface area contributed by atoms with Crippen molar-refractivity contribution in [2.75, 3.05) is 31.1 Å². The first-order valence-corrected chi connectivity index (χ1v) is 5.41. The molecule has 1 aromatic rings. The first-order chi connectivity index (χ1) is 8.38. The molecular weight excluding hydrogens is 251 g/mol. The molecular formula is C10H12F3N3O2. The van der Waals surface area contributed by atoms with E-state index in [1.165, 1.54) is 6.92 Å². The van der Waals surface area contributed by atoms with Crippen molar-refractivity contribution in [3.63, 3.8) is 0 Å². The summed E-state index contributed by atoms with van der Waals surface area (Å²) in [6.45, 7) is 3.20. The molecule has 0 saturated carbocycles. The molecule has 1 aliphatic rings. The minimum absolute atomic E-state index is 0.0435. The molecule has 1 amide bonds. The quantitative estimate of drug-likeness (QED) is 0.767. The lowest BCUT2D eigenvalue weighted by atomic mass is 10.3. The summed E-state index contributed by atoms with van der Waals surface area (Å²) in [4.78, 5) is 17.7. The number of alkyl halides is 3. The number of amides is 1. The third-order valence-corrected chi connectivity index (χ3v) is 2.78. The van der Waals surface area contributed by atoms with E-state index in [4.69, 9.17) is 4.42 Å². The van der Waals surface area contributed by atoms with Gasteiger partial charge in [-0.25, -0.2) is 0 Å². The third-order valence-electron chi connectivity index (χ3n) is 2.78. The summed E-state index contributed by atoms with van der Waals surface area (Å²) < 4.78 is 41.8. The Labute approximate surface area is 101 Å². The standard InChI is InChI=1S/C10H12F3N3O2/c1-7(17)15-2-4-16(5-3-15)9-14-8(6-18-9)10(11,12)13/h6H,2-5H2,1H3. The number of piperazine rings is 1. The maximum Gasteiger partial charge on any atom is 0.436 e. The molecule has 0 radical (unpaired) electrons. The maximum absolute atomic E-state index is 12.3. The van der Waals surface area contributed by atoms with E-state index in [9.17, 15) is 18.0 Å². The van der Waals surface area contributed by atoms with Gasteiger partial charge < -0.3 is 14.2 Å². The fourth-order valence-corrected chi connectivity index (χ4v) is 1.75. The van der Waals surface area contributed by atoms with Gasteiger partial charge in [-0.1, -0.05) is 0 Å². The molecule has 18 heavy (non-hydrogen) atoms. The molecule has 100 valence electrons. The highest BCUT2D eigenvalue weighted by atomic mass is 19.4. The number of halogens is 3. The minimum Gasteiger partial charge on any atom is -0.431 e. The van der Waals surface area contributed by atoms with Crippen LogP contribution in [0.15, 0.2) is 10.7 Å². The molecule has 2 rings (SSSR count). The Morgan fingerprint density at radius 1 is 1.33 bits per heavy atom. The number of carbonyl (C=O) groups excluding carboxylic acids is 1. The number of aromatic nitrogens is 1. The monoisotopic (exact) mass is 263 g/mol. The SMILES string of the molecule is CC(=O)N1CCN(c2nc(C(F)(F)F)co2)CC1. The van der Waals surface area contributed by atoms with Crippen molar-refractivity contribution in [1.82, 2.24) is 9.88 Å². The number of rotatable bonds is 1. The zero-order valence-corrected chi connectivity index (χ0v) is 9.70. The van der Waals surface area contributed by atoms with Crippen LogP contribution < -0.4 is 4.90 Å². The second-order valence-electron chi connectivity index (χ2n) is 4.01. The summed E-state index contributed by atoms with van der Waals surface area (Å²) in [5.74, 6) is -0.0435. The molecule has 1 fully saturated rings. The molecule has 0 bridgehead atoms. The van der Waals surface area contributed by atoms with Crippen LogP contribution in [0.1, 0.15) is 12.6 Å². The summed E-state index contributed by atoms with van der Waals surface area (Å²) in [5.41, 5.74) is -1.04. The Morgan fingerprint density at radius 2 is 1.94 bits per heavy atom. The molecule has 0 unspecified atom stereocenters. The molecule has 1 aromatic heterocycles. The van der Waals surface area contributed by atoms with Crippen molar-refractivity contribution in [3.8, 4) is 0 Å². The van der Waals surface area contributed by atoms with E-state index in [1.807, 2.05) is 0 Å². The highest BCUT2D eigenvalue weighted by Crippen LogP contribution is 2.30. The zero-order valence-electron chi connectivity index (χ0n) is 9.70. The number of anilines is 1. The largest absolute Gasteiger partial charge is 0.436 e. The topological polar surface area (TPSA) is 49.6 Å². The number of nitrogens with zero attached hydrogens (tertiary/aromatic N) is 3. The summed E-state index contributed by atoms with van der Waals surface area (Å²) in [6.07, 6.45) is -3.89. The molecule has 8 heteroatoms. The first-order valence-electron chi connectivity index (χ1n) is 5.41. The van der Waals surface area contributed by atoms with Crippen LogP contribution in [-0.2, 0) is 11.0 Å². The van der Waals surface area contributed by atoms with Crippen LogP contribution in [0.2, 0.25) is 0 Å². The molecule has 0 aliphatic carbocycles. The third kappa shape index (κ3) is 2.57. The van der Waals surface area contributed by atoms with Gasteiger partial charge in [0.05, 0.1) is 0 Å². The van der Waals surface area contributed by atoms with Crippen molar-refractivity contribution in [3.05, 3.63) is 12.0 Å². The molecule has 0 N–H and O–H groups in total.